The Hall–Kier alpha value is -0.700. The van der Waals surface area contributed by atoms with Gasteiger partial charge in [0.1, 0.15) is 11.6 Å². The van der Waals surface area contributed by atoms with Gasteiger partial charge in [-0.2, -0.15) is 0 Å². The highest BCUT2D eigenvalue weighted by Gasteiger charge is 2.46. The van der Waals surface area contributed by atoms with Gasteiger partial charge in [0.05, 0.1) is 6.42 Å². The molecule has 1 unspecified atom stereocenters. The first-order valence-electron chi connectivity index (χ1n) is 4.49. The van der Waals surface area contributed by atoms with Crippen LogP contribution in [-0.2, 0) is 9.59 Å². The Morgan fingerprint density at radius 3 is 2.67 bits per heavy atom. The first-order valence-corrected chi connectivity index (χ1v) is 4.49. The van der Waals surface area contributed by atoms with E-state index in [2.05, 4.69) is 5.32 Å². The summed E-state index contributed by atoms with van der Waals surface area (Å²) in [5.74, 6) is 0.295. The molecule has 0 aromatic rings. The van der Waals surface area contributed by atoms with Gasteiger partial charge < -0.3 is 5.32 Å². The summed E-state index contributed by atoms with van der Waals surface area (Å²) in [7, 11) is 0. The van der Waals surface area contributed by atoms with Gasteiger partial charge in [-0.15, -0.1) is 0 Å². The van der Waals surface area contributed by atoms with Crippen molar-refractivity contribution in [3.05, 3.63) is 0 Å². The van der Waals surface area contributed by atoms with Gasteiger partial charge >= 0.3 is 0 Å². The lowest BCUT2D eigenvalue weighted by atomic mass is 9.78. The molecule has 0 bridgehead atoms. The number of Topliss-reactive ketones (excluding diaryl/α,β-unsaturated/α-hetero) is 2. The van der Waals surface area contributed by atoms with Crippen molar-refractivity contribution in [3.63, 3.8) is 0 Å². The highest BCUT2D eigenvalue weighted by atomic mass is 16.2. The lowest BCUT2D eigenvalue weighted by Gasteiger charge is -2.31. The van der Waals surface area contributed by atoms with Crippen LogP contribution in [0.25, 0.3) is 0 Å². The van der Waals surface area contributed by atoms with Gasteiger partial charge in [0.2, 0.25) is 0 Å². The molecule has 1 aliphatic heterocycles. The summed E-state index contributed by atoms with van der Waals surface area (Å²) in [6.07, 6.45) is 2.60. The van der Waals surface area contributed by atoms with Crippen LogP contribution >= 0.6 is 0 Å². The number of nitrogens with one attached hydrogen (secondary N) is 1. The van der Waals surface area contributed by atoms with E-state index in [1.165, 1.54) is 0 Å². The van der Waals surface area contributed by atoms with E-state index < -0.39 is 0 Å². The zero-order valence-corrected chi connectivity index (χ0v) is 7.06. The molecule has 1 spiro atoms. The minimum atomic E-state index is -0.296. The van der Waals surface area contributed by atoms with E-state index >= 15 is 0 Å². The third kappa shape index (κ3) is 1.08. The second kappa shape index (κ2) is 2.66. The molecule has 2 rings (SSSR count). The van der Waals surface area contributed by atoms with Crippen LogP contribution in [-0.4, -0.2) is 24.7 Å². The predicted octanol–water partition coefficient (Wildman–Crippen LogP) is 0.288. The Kier molecular flexibility index (Phi) is 1.76. The first kappa shape index (κ1) is 7.92. The minimum absolute atomic E-state index is 0.128. The van der Waals surface area contributed by atoms with Crippen LogP contribution in [0.15, 0.2) is 0 Å². The molecule has 1 saturated heterocycles. The Morgan fingerprint density at radius 1 is 1.33 bits per heavy atom. The number of hydrogen-bond donors (Lipinski definition) is 1. The van der Waals surface area contributed by atoms with E-state index in [1.807, 2.05) is 0 Å². The summed E-state index contributed by atoms with van der Waals surface area (Å²) in [5.41, 5.74) is -0.296. The molecule has 0 aromatic heterocycles. The molecule has 3 nitrogen and oxygen atoms in total. The molecule has 1 saturated carbocycles. The van der Waals surface area contributed by atoms with Crippen LogP contribution in [0.3, 0.4) is 0 Å². The maximum absolute atomic E-state index is 11.5. The molecule has 2 aliphatic rings. The van der Waals surface area contributed by atoms with Crippen LogP contribution in [0, 0.1) is 5.41 Å². The molecule has 0 aromatic carbocycles. The number of ketones is 2. The van der Waals surface area contributed by atoms with Gasteiger partial charge in [0.15, 0.2) is 0 Å². The van der Waals surface area contributed by atoms with Crippen LogP contribution < -0.4 is 5.32 Å². The fourth-order valence-corrected chi connectivity index (χ4v) is 2.26. The number of piperidine rings is 1. The van der Waals surface area contributed by atoms with Crippen LogP contribution in [0.5, 0.6) is 0 Å². The quantitative estimate of drug-likeness (QED) is 0.527. The van der Waals surface area contributed by atoms with Crippen molar-refractivity contribution in [1.82, 2.24) is 5.32 Å². The Labute approximate surface area is 71.5 Å². The Morgan fingerprint density at radius 2 is 2.17 bits per heavy atom. The zero-order valence-electron chi connectivity index (χ0n) is 7.06. The molecule has 0 amide bonds. The van der Waals surface area contributed by atoms with Crippen molar-refractivity contribution in [2.75, 3.05) is 13.1 Å². The van der Waals surface area contributed by atoms with E-state index in [1.54, 1.807) is 0 Å². The Balaban J connectivity index is 2.18. The highest BCUT2D eigenvalue weighted by molar-refractivity contribution is 6.09. The number of carbonyl (C=O) groups is 2. The molecule has 66 valence electrons. The third-order valence-electron chi connectivity index (χ3n) is 2.96. The topological polar surface area (TPSA) is 46.2 Å². The smallest absolute Gasteiger partial charge is 0.148 e. The van der Waals surface area contributed by atoms with Crippen molar-refractivity contribution in [1.29, 1.82) is 0 Å². The van der Waals surface area contributed by atoms with Crippen molar-refractivity contribution in [2.45, 2.75) is 25.7 Å². The van der Waals surface area contributed by atoms with Gasteiger partial charge in [-0.3, -0.25) is 9.59 Å². The molecular formula is C9H13NO2. The number of hydrogen-bond acceptors (Lipinski definition) is 3. The number of rotatable bonds is 0. The van der Waals surface area contributed by atoms with Crippen molar-refractivity contribution in [2.24, 2.45) is 5.41 Å². The third-order valence-corrected chi connectivity index (χ3v) is 2.96. The van der Waals surface area contributed by atoms with Gasteiger partial charge in [-0.05, 0) is 19.4 Å². The average molecular weight is 167 g/mol. The molecule has 12 heavy (non-hydrogen) atoms. The summed E-state index contributed by atoms with van der Waals surface area (Å²) in [6, 6.07) is 0. The molecular weight excluding hydrogens is 154 g/mol. The monoisotopic (exact) mass is 167 g/mol. The molecule has 0 radical (unpaired) electrons. The van der Waals surface area contributed by atoms with Gasteiger partial charge in [0.25, 0.3) is 0 Å². The molecule has 1 atom stereocenters. The Bertz CT molecular complexity index is 229. The average Bonchev–Trinajstić information content (AvgIpc) is 2.29. The SMILES string of the molecule is O=C1CC(=O)C2(CCCNC2)C1. The lowest BCUT2D eigenvalue weighted by Crippen LogP contribution is -2.42. The summed E-state index contributed by atoms with van der Waals surface area (Å²) in [6.45, 7) is 1.71. The number of carbonyl (C=O) groups excluding carboxylic acids is 2. The van der Waals surface area contributed by atoms with Gasteiger partial charge in [-0.25, -0.2) is 0 Å². The molecule has 1 N–H and O–H groups in total. The normalized spacial score (nSPS) is 36.3. The molecule has 3 heteroatoms. The van der Waals surface area contributed by atoms with Crippen LogP contribution in [0.2, 0.25) is 0 Å². The van der Waals surface area contributed by atoms with Crippen LogP contribution in [0.1, 0.15) is 25.7 Å². The van der Waals surface area contributed by atoms with Crippen molar-refractivity contribution < 1.29 is 9.59 Å². The van der Waals surface area contributed by atoms with Crippen LogP contribution in [0.4, 0.5) is 0 Å². The minimum Gasteiger partial charge on any atom is -0.316 e. The zero-order chi connectivity index (χ0) is 8.60. The van der Waals surface area contributed by atoms with E-state index in [-0.39, 0.29) is 23.4 Å². The molecule has 1 aliphatic carbocycles. The van der Waals surface area contributed by atoms with Crippen molar-refractivity contribution >= 4 is 11.6 Å². The van der Waals surface area contributed by atoms with Gasteiger partial charge in [-0.1, -0.05) is 0 Å². The van der Waals surface area contributed by atoms with E-state index in [9.17, 15) is 9.59 Å². The first-order chi connectivity index (χ1) is 5.73. The predicted molar refractivity (Wildman–Crippen MR) is 43.8 cm³/mol. The maximum atomic E-state index is 11.5. The summed E-state index contributed by atoms with van der Waals surface area (Å²) in [4.78, 5) is 22.6. The van der Waals surface area contributed by atoms with Gasteiger partial charge in [0, 0.05) is 18.4 Å². The fourth-order valence-electron chi connectivity index (χ4n) is 2.26. The maximum Gasteiger partial charge on any atom is 0.148 e. The summed E-state index contributed by atoms with van der Waals surface area (Å²) < 4.78 is 0. The summed E-state index contributed by atoms with van der Waals surface area (Å²) in [5, 5.41) is 3.20. The lowest BCUT2D eigenvalue weighted by molar-refractivity contribution is -0.126. The second-order valence-electron chi connectivity index (χ2n) is 3.88. The second-order valence-corrected chi connectivity index (χ2v) is 3.88. The fraction of sp³-hybridized carbons (Fsp3) is 0.778. The summed E-state index contributed by atoms with van der Waals surface area (Å²) >= 11 is 0. The van der Waals surface area contributed by atoms with E-state index in [0.29, 0.717) is 6.42 Å². The van der Waals surface area contributed by atoms with E-state index in [4.69, 9.17) is 0 Å². The molecule has 1 heterocycles. The largest absolute Gasteiger partial charge is 0.316 e. The van der Waals surface area contributed by atoms with E-state index in [0.717, 1.165) is 25.9 Å². The van der Waals surface area contributed by atoms with Crippen molar-refractivity contribution in [3.8, 4) is 0 Å². The molecule has 2 fully saturated rings. The highest BCUT2D eigenvalue weighted by Crippen LogP contribution is 2.37. The standard InChI is InChI=1S/C9H13NO2/c11-7-4-8(12)9(5-7)2-1-3-10-6-9/h10H,1-6H2.